The lowest BCUT2D eigenvalue weighted by molar-refractivity contribution is 0.0937. The van der Waals surface area contributed by atoms with Crippen molar-refractivity contribution in [3.05, 3.63) is 40.2 Å². The molecule has 8 heteroatoms. The van der Waals surface area contributed by atoms with Crippen molar-refractivity contribution >= 4 is 26.8 Å². The first-order valence-electron chi connectivity index (χ1n) is 10.1. The number of carbonyl (C=O) groups is 1. The van der Waals surface area contributed by atoms with Crippen LogP contribution in [-0.2, 0) is 17.1 Å². The van der Waals surface area contributed by atoms with Gasteiger partial charge < -0.3 is 9.88 Å². The molecule has 7 nitrogen and oxygen atoms in total. The summed E-state index contributed by atoms with van der Waals surface area (Å²) in [5, 5.41) is 3.03. The van der Waals surface area contributed by atoms with Gasteiger partial charge in [-0.05, 0) is 50.3 Å². The minimum Gasteiger partial charge on any atom is -0.350 e. The molecule has 0 saturated carbocycles. The SMILES string of the molecule is CC[C@@H](C)NC(=O)c1cn(C)c2ccc(S(=O)(=O)N3CCC(C)CC3)cc2c1=O. The fourth-order valence-electron chi connectivity index (χ4n) is 3.57. The smallest absolute Gasteiger partial charge is 0.256 e. The van der Waals surface area contributed by atoms with Gasteiger partial charge in [0.1, 0.15) is 5.56 Å². The third kappa shape index (κ3) is 4.23. The molecule has 158 valence electrons. The standard InChI is InChI=1S/C21H29N3O4S/c1-5-15(3)22-21(26)18-13-23(4)19-7-6-16(12-17(19)20(18)25)29(27,28)24-10-8-14(2)9-11-24/h6-7,12-15H,5,8-11H2,1-4H3,(H,22,26)/t15-/m1/s1. The second-order valence-corrected chi connectivity index (χ2v) is 9.97. The zero-order valence-corrected chi connectivity index (χ0v) is 18.3. The number of aromatic nitrogens is 1. The number of nitrogens with zero attached hydrogens (tertiary/aromatic N) is 2. The third-order valence-electron chi connectivity index (χ3n) is 5.77. The Morgan fingerprint density at radius 1 is 1.28 bits per heavy atom. The summed E-state index contributed by atoms with van der Waals surface area (Å²) in [6.07, 6.45) is 3.90. The van der Waals surface area contributed by atoms with Gasteiger partial charge in [0.25, 0.3) is 5.91 Å². The molecule has 0 bridgehead atoms. The highest BCUT2D eigenvalue weighted by molar-refractivity contribution is 7.89. The quantitative estimate of drug-likeness (QED) is 0.806. The lowest BCUT2D eigenvalue weighted by Crippen LogP contribution is -2.38. The van der Waals surface area contributed by atoms with E-state index in [1.165, 1.54) is 22.6 Å². The molecule has 1 amide bonds. The molecule has 0 spiro atoms. The van der Waals surface area contributed by atoms with Crippen LogP contribution in [0.1, 0.15) is 50.4 Å². The lowest BCUT2D eigenvalue weighted by Gasteiger charge is -2.29. The first kappa shape index (κ1) is 21.5. The number of fused-ring (bicyclic) bond motifs is 1. The number of pyridine rings is 1. The highest BCUT2D eigenvalue weighted by Gasteiger charge is 2.28. The van der Waals surface area contributed by atoms with Crippen LogP contribution in [0.2, 0.25) is 0 Å². The van der Waals surface area contributed by atoms with Gasteiger partial charge in [-0.1, -0.05) is 13.8 Å². The van der Waals surface area contributed by atoms with E-state index in [1.54, 1.807) is 17.7 Å². The zero-order chi connectivity index (χ0) is 21.3. The number of sulfonamides is 1. The van der Waals surface area contributed by atoms with E-state index in [0.717, 1.165) is 19.3 Å². The fraction of sp³-hybridized carbons (Fsp3) is 0.524. The third-order valence-corrected chi connectivity index (χ3v) is 7.67. The van der Waals surface area contributed by atoms with Crippen molar-refractivity contribution in [3.63, 3.8) is 0 Å². The Kier molecular flexibility index (Phi) is 6.14. The Bertz CT molecular complexity index is 1080. The van der Waals surface area contributed by atoms with Crippen molar-refractivity contribution in [2.45, 2.75) is 51.0 Å². The number of aryl methyl sites for hydroxylation is 1. The summed E-state index contributed by atoms with van der Waals surface area (Å²) in [7, 11) is -1.94. The first-order valence-corrected chi connectivity index (χ1v) is 11.5. The summed E-state index contributed by atoms with van der Waals surface area (Å²) in [5.41, 5.74) is 0.145. The van der Waals surface area contributed by atoms with Gasteiger partial charge in [0.2, 0.25) is 15.5 Å². The van der Waals surface area contributed by atoms with Gasteiger partial charge in [-0.3, -0.25) is 9.59 Å². The molecule has 1 aromatic heterocycles. The van der Waals surface area contributed by atoms with Gasteiger partial charge in [0.05, 0.1) is 10.4 Å². The molecule has 1 aliphatic rings. The van der Waals surface area contributed by atoms with E-state index in [2.05, 4.69) is 12.2 Å². The monoisotopic (exact) mass is 419 g/mol. The zero-order valence-electron chi connectivity index (χ0n) is 17.4. The summed E-state index contributed by atoms with van der Waals surface area (Å²) in [5.74, 6) is 0.0667. The van der Waals surface area contributed by atoms with Gasteiger partial charge in [0, 0.05) is 37.8 Å². The summed E-state index contributed by atoms with van der Waals surface area (Å²) in [6.45, 7) is 6.90. The average molecular weight is 420 g/mol. The molecule has 0 aliphatic carbocycles. The van der Waals surface area contributed by atoms with Crippen LogP contribution >= 0.6 is 0 Å². The molecule has 2 aromatic rings. The number of hydrogen-bond acceptors (Lipinski definition) is 4. The summed E-state index contributed by atoms with van der Waals surface area (Å²) >= 11 is 0. The molecule has 0 unspecified atom stereocenters. The van der Waals surface area contributed by atoms with E-state index in [-0.39, 0.29) is 21.9 Å². The number of piperidine rings is 1. The normalized spacial score (nSPS) is 17.4. The highest BCUT2D eigenvalue weighted by Crippen LogP contribution is 2.25. The van der Waals surface area contributed by atoms with Crippen LogP contribution < -0.4 is 10.7 Å². The Morgan fingerprint density at radius 3 is 2.55 bits per heavy atom. The maximum Gasteiger partial charge on any atom is 0.256 e. The van der Waals surface area contributed by atoms with Gasteiger partial charge in [-0.15, -0.1) is 0 Å². The number of nitrogens with one attached hydrogen (secondary N) is 1. The molecule has 1 atom stereocenters. The average Bonchev–Trinajstić information content (AvgIpc) is 2.70. The minimum atomic E-state index is -3.68. The Morgan fingerprint density at radius 2 is 1.93 bits per heavy atom. The number of rotatable bonds is 5. The second kappa shape index (κ2) is 8.28. The second-order valence-electron chi connectivity index (χ2n) is 8.03. The lowest BCUT2D eigenvalue weighted by atomic mass is 10.0. The van der Waals surface area contributed by atoms with E-state index in [1.807, 2.05) is 13.8 Å². The predicted molar refractivity (Wildman–Crippen MR) is 114 cm³/mol. The fourth-order valence-corrected chi connectivity index (χ4v) is 5.07. The Balaban J connectivity index is 2.06. The largest absolute Gasteiger partial charge is 0.350 e. The molecule has 1 saturated heterocycles. The van der Waals surface area contributed by atoms with Gasteiger partial charge >= 0.3 is 0 Å². The molecule has 3 rings (SSSR count). The number of amides is 1. The summed E-state index contributed by atoms with van der Waals surface area (Å²) in [6, 6.07) is 4.52. The first-order chi connectivity index (χ1) is 13.6. The van der Waals surface area contributed by atoms with E-state index >= 15 is 0 Å². The van der Waals surface area contributed by atoms with Gasteiger partial charge in [-0.25, -0.2) is 8.42 Å². The molecular weight excluding hydrogens is 390 g/mol. The Labute approximate surface area is 171 Å². The van der Waals surface area contributed by atoms with Crippen molar-refractivity contribution in [1.82, 2.24) is 14.2 Å². The highest BCUT2D eigenvalue weighted by atomic mass is 32.2. The van der Waals surface area contributed by atoms with E-state index in [9.17, 15) is 18.0 Å². The molecular formula is C21H29N3O4S. The minimum absolute atomic E-state index is 0.0154. The van der Waals surface area contributed by atoms with E-state index < -0.39 is 21.4 Å². The van der Waals surface area contributed by atoms with Crippen LogP contribution in [0.4, 0.5) is 0 Å². The van der Waals surface area contributed by atoms with Crippen LogP contribution in [0.5, 0.6) is 0 Å². The summed E-state index contributed by atoms with van der Waals surface area (Å²) < 4.78 is 29.3. The van der Waals surface area contributed by atoms with Crippen LogP contribution in [0.3, 0.4) is 0 Å². The van der Waals surface area contributed by atoms with Crippen molar-refractivity contribution < 1.29 is 13.2 Å². The molecule has 2 heterocycles. The van der Waals surface area contributed by atoms with Crippen molar-refractivity contribution in [1.29, 1.82) is 0 Å². The maximum atomic E-state index is 13.1. The van der Waals surface area contributed by atoms with Crippen molar-refractivity contribution in [3.8, 4) is 0 Å². The Hall–Kier alpha value is -2.19. The number of benzene rings is 1. The van der Waals surface area contributed by atoms with Crippen LogP contribution in [0.25, 0.3) is 10.9 Å². The van der Waals surface area contributed by atoms with Crippen molar-refractivity contribution in [2.75, 3.05) is 13.1 Å². The summed E-state index contributed by atoms with van der Waals surface area (Å²) in [4.78, 5) is 25.6. The van der Waals surface area contributed by atoms with Gasteiger partial charge in [0.15, 0.2) is 0 Å². The molecule has 1 aromatic carbocycles. The molecule has 1 N–H and O–H groups in total. The van der Waals surface area contributed by atoms with Crippen LogP contribution in [0, 0.1) is 5.92 Å². The number of carbonyl (C=O) groups excluding carboxylic acids is 1. The maximum absolute atomic E-state index is 13.1. The molecule has 1 aliphatic heterocycles. The molecule has 29 heavy (non-hydrogen) atoms. The van der Waals surface area contributed by atoms with Gasteiger partial charge in [-0.2, -0.15) is 4.31 Å². The van der Waals surface area contributed by atoms with Crippen LogP contribution in [-0.4, -0.2) is 42.3 Å². The predicted octanol–water partition coefficient (Wildman–Crippen LogP) is 2.49. The van der Waals surface area contributed by atoms with E-state index in [4.69, 9.17) is 0 Å². The van der Waals surface area contributed by atoms with Crippen LogP contribution in [0.15, 0.2) is 34.1 Å². The molecule has 0 radical (unpaired) electrons. The topological polar surface area (TPSA) is 88.5 Å². The molecule has 1 fully saturated rings. The van der Waals surface area contributed by atoms with Crippen molar-refractivity contribution in [2.24, 2.45) is 13.0 Å². The van der Waals surface area contributed by atoms with E-state index in [0.29, 0.717) is 24.5 Å². The number of hydrogen-bond donors (Lipinski definition) is 1.